The third kappa shape index (κ3) is 5.53. The van der Waals surface area contributed by atoms with Gasteiger partial charge < -0.3 is 10.4 Å². The molecule has 0 aliphatic rings. The largest absolute Gasteiger partial charge is 0.388 e. The predicted molar refractivity (Wildman–Crippen MR) is 93.3 cm³/mol. The van der Waals surface area contributed by atoms with E-state index in [9.17, 15) is 9.90 Å². The highest BCUT2D eigenvalue weighted by Gasteiger charge is 2.08. The van der Waals surface area contributed by atoms with Crippen LogP contribution in [0.2, 0.25) is 0 Å². The molecule has 0 heterocycles. The minimum Gasteiger partial charge on any atom is -0.388 e. The molecular formula is C20H25NO2. The quantitative estimate of drug-likeness (QED) is 0.822. The van der Waals surface area contributed by atoms with E-state index in [1.54, 1.807) is 0 Å². The highest BCUT2D eigenvalue weighted by Crippen LogP contribution is 2.15. The molecule has 0 aliphatic carbocycles. The van der Waals surface area contributed by atoms with Crippen LogP contribution < -0.4 is 5.32 Å². The maximum Gasteiger partial charge on any atom is 0.220 e. The van der Waals surface area contributed by atoms with Crippen molar-refractivity contribution < 1.29 is 9.90 Å². The van der Waals surface area contributed by atoms with Crippen LogP contribution in [0.5, 0.6) is 0 Å². The average Bonchev–Trinajstić information content (AvgIpc) is 2.54. The van der Waals surface area contributed by atoms with Crippen molar-refractivity contribution in [2.75, 3.05) is 6.54 Å². The summed E-state index contributed by atoms with van der Waals surface area (Å²) in [6.07, 6.45) is 1.22. The molecule has 23 heavy (non-hydrogen) atoms. The number of hydrogen-bond donors (Lipinski definition) is 2. The average molecular weight is 311 g/mol. The third-order valence-corrected chi connectivity index (χ3v) is 4.04. The summed E-state index contributed by atoms with van der Waals surface area (Å²) in [7, 11) is 0. The van der Waals surface area contributed by atoms with Gasteiger partial charge in [-0.15, -0.1) is 0 Å². The predicted octanol–water partition coefficient (Wildman–Crippen LogP) is 3.48. The van der Waals surface area contributed by atoms with Crippen molar-refractivity contribution in [3.05, 3.63) is 70.8 Å². The smallest absolute Gasteiger partial charge is 0.220 e. The molecule has 1 unspecified atom stereocenters. The Hall–Kier alpha value is -2.13. The number of hydrogen-bond acceptors (Lipinski definition) is 2. The third-order valence-electron chi connectivity index (χ3n) is 4.04. The van der Waals surface area contributed by atoms with Gasteiger partial charge in [0.2, 0.25) is 5.91 Å². The first-order chi connectivity index (χ1) is 11.1. The summed E-state index contributed by atoms with van der Waals surface area (Å²) in [6, 6.07) is 15.8. The Bertz CT molecular complexity index is 637. The molecule has 122 valence electrons. The lowest BCUT2D eigenvalue weighted by atomic mass is 10.0. The molecular weight excluding hydrogens is 286 g/mol. The lowest BCUT2D eigenvalue weighted by Gasteiger charge is -2.12. The number of benzene rings is 2. The zero-order chi connectivity index (χ0) is 16.7. The molecule has 0 bridgehead atoms. The number of aryl methyl sites for hydroxylation is 3. The molecule has 2 rings (SSSR count). The minimum atomic E-state index is -0.532. The number of aliphatic hydroxyl groups excluding tert-OH is 1. The van der Waals surface area contributed by atoms with Gasteiger partial charge in [0.25, 0.3) is 0 Å². The van der Waals surface area contributed by atoms with Crippen LogP contribution in [0.3, 0.4) is 0 Å². The Labute approximate surface area is 138 Å². The molecule has 0 aromatic heterocycles. The van der Waals surface area contributed by atoms with Crippen molar-refractivity contribution in [2.45, 2.75) is 39.2 Å². The normalized spacial score (nSPS) is 12.0. The molecule has 2 aromatic carbocycles. The van der Waals surface area contributed by atoms with Gasteiger partial charge in [0.05, 0.1) is 6.10 Å². The van der Waals surface area contributed by atoms with Gasteiger partial charge in [-0.3, -0.25) is 4.79 Å². The molecule has 0 spiro atoms. The molecule has 0 saturated heterocycles. The van der Waals surface area contributed by atoms with Crippen LogP contribution in [0.25, 0.3) is 0 Å². The Morgan fingerprint density at radius 3 is 2.57 bits per heavy atom. The minimum absolute atomic E-state index is 0.0326. The Balaban J connectivity index is 1.71. The highest BCUT2D eigenvalue weighted by molar-refractivity contribution is 5.76. The fourth-order valence-electron chi connectivity index (χ4n) is 2.65. The van der Waals surface area contributed by atoms with E-state index in [0.717, 1.165) is 12.0 Å². The van der Waals surface area contributed by atoms with Crippen LogP contribution in [0.15, 0.2) is 48.5 Å². The number of carbonyl (C=O) groups excluding carboxylic acids is 1. The lowest BCUT2D eigenvalue weighted by Crippen LogP contribution is -2.25. The second-order valence-electron chi connectivity index (χ2n) is 6.00. The van der Waals surface area contributed by atoms with Gasteiger partial charge in [0, 0.05) is 13.0 Å². The van der Waals surface area contributed by atoms with Crippen molar-refractivity contribution >= 4 is 5.91 Å². The highest BCUT2D eigenvalue weighted by atomic mass is 16.3. The van der Waals surface area contributed by atoms with Crippen LogP contribution in [0.1, 0.15) is 41.2 Å². The molecule has 0 radical (unpaired) electrons. The van der Waals surface area contributed by atoms with Crippen molar-refractivity contribution in [3.63, 3.8) is 0 Å². The monoisotopic (exact) mass is 311 g/mol. The van der Waals surface area contributed by atoms with E-state index in [-0.39, 0.29) is 5.91 Å². The number of amides is 1. The van der Waals surface area contributed by atoms with Crippen molar-refractivity contribution in [2.24, 2.45) is 0 Å². The van der Waals surface area contributed by atoms with Crippen LogP contribution in [-0.2, 0) is 11.2 Å². The number of aliphatic hydroxyl groups is 1. The van der Waals surface area contributed by atoms with Crippen molar-refractivity contribution in [1.82, 2.24) is 5.32 Å². The maximum atomic E-state index is 11.9. The summed E-state index contributed by atoms with van der Waals surface area (Å²) >= 11 is 0. The molecule has 1 amide bonds. The number of rotatable bonds is 7. The van der Waals surface area contributed by atoms with E-state index >= 15 is 0 Å². The molecule has 3 heteroatoms. The standard InChI is InChI=1S/C20H25NO2/c1-15-8-9-17(16(2)14-15)10-11-20(23)21-13-12-19(22)18-6-4-3-5-7-18/h3-9,14,19,22H,10-13H2,1-2H3,(H,21,23). The van der Waals surface area contributed by atoms with E-state index in [4.69, 9.17) is 0 Å². The number of nitrogens with one attached hydrogen (secondary N) is 1. The van der Waals surface area contributed by atoms with Crippen LogP contribution in [0.4, 0.5) is 0 Å². The van der Waals surface area contributed by atoms with E-state index in [2.05, 4.69) is 37.4 Å². The van der Waals surface area contributed by atoms with Gasteiger partial charge >= 0.3 is 0 Å². The summed E-state index contributed by atoms with van der Waals surface area (Å²) in [4.78, 5) is 11.9. The van der Waals surface area contributed by atoms with Gasteiger partial charge in [-0.1, -0.05) is 54.1 Å². The van der Waals surface area contributed by atoms with E-state index in [1.807, 2.05) is 30.3 Å². The Morgan fingerprint density at radius 1 is 1.13 bits per heavy atom. The van der Waals surface area contributed by atoms with Crippen molar-refractivity contribution in [1.29, 1.82) is 0 Å². The topological polar surface area (TPSA) is 49.3 Å². The Kier molecular flexibility index (Phi) is 6.36. The van der Waals surface area contributed by atoms with Gasteiger partial charge in [-0.05, 0) is 43.4 Å². The van der Waals surface area contributed by atoms with E-state index in [1.165, 1.54) is 16.7 Å². The number of carbonyl (C=O) groups is 1. The van der Waals surface area contributed by atoms with Gasteiger partial charge in [-0.2, -0.15) is 0 Å². The lowest BCUT2D eigenvalue weighted by molar-refractivity contribution is -0.121. The second kappa shape index (κ2) is 8.49. The summed E-state index contributed by atoms with van der Waals surface area (Å²) in [5, 5.41) is 12.9. The van der Waals surface area contributed by atoms with Gasteiger partial charge in [0.15, 0.2) is 0 Å². The van der Waals surface area contributed by atoms with E-state index in [0.29, 0.717) is 19.4 Å². The fraction of sp³-hybridized carbons (Fsp3) is 0.350. The summed E-state index contributed by atoms with van der Waals surface area (Å²) in [6.45, 7) is 4.64. The van der Waals surface area contributed by atoms with Gasteiger partial charge in [-0.25, -0.2) is 0 Å². The summed E-state index contributed by atoms with van der Waals surface area (Å²) < 4.78 is 0. The first kappa shape index (κ1) is 17.2. The maximum absolute atomic E-state index is 11.9. The van der Waals surface area contributed by atoms with Crippen LogP contribution in [-0.4, -0.2) is 17.6 Å². The Morgan fingerprint density at radius 2 is 1.87 bits per heavy atom. The van der Waals surface area contributed by atoms with Crippen molar-refractivity contribution in [3.8, 4) is 0 Å². The zero-order valence-electron chi connectivity index (χ0n) is 13.9. The molecule has 2 N–H and O–H groups in total. The summed E-state index contributed by atoms with van der Waals surface area (Å²) in [5.74, 6) is 0.0326. The fourth-order valence-corrected chi connectivity index (χ4v) is 2.65. The first-order valence-corrected chi connectivity index (χ1v) is 8.12. The molecule has 1 atom stereocenters. The molecule has 3 nitrogen and oxygen atoms in total. The zero-order valence-corrected chi connectivity index (χ0v) is 13.9. The van der Waals surface area contributed by atoms with Gasteiger partial charge in [0.1, 0.15) is 0 Å². The molecule has 0 saturated carbocycles. The molecule has 0 aliphatic heterocycles. The van der Waals surface area contributed by atoms with Crippen LogP contribution in [0, 0.1) is 13.8 Å². The second-order valence-corrected chi connectivity index (χ2v) is 6.00. The van der Waals surface area contributed by atoms with E-state index < -0.39 is 6.10 Å². The van der Waals surface area contributed by atoms with Crippen LogP contribution >= 0.6 is 0 Å². The molecule has 2 aromatic rings. The molecule has 0 fully saturated rings. The SMILES string of the molecule is Cc1ccc(CCC(=O)NCCC(O)c2ccccc2)c(C)c1. The first-order valence-electron chi connectivity index (χ1n) is 8.12. The summed E-state index contributed by atoms with van der Waals surface area (Å²) in [5.41, 5.74) is 4.58.